The maximum absolute atomic E-state index is 11.3. The van der Waals surface area contributed by atoms with Gasteiger partial charge in [-0.15, -0.1) is 6.58 Å². The first-order valence-corrected chi connectivity index (χ1v) is 4.34. The van der Waals surface area contributed by atoms with E-state index in [0.717, 1.165) is 12.8 Å². The van der Waals surface area contributed by atoms with Gasteiger partial charge in [0.1, 0.15) is 0 Å². The van der Waals surface area contributed by atoms with E-state index in [1.54, 1.807) is 11.0 Å². The van der Waals surface area contributed by atoms with Crippen molar-refractivity contribution in [3.8, 4) is 0 Å². The molecule has 0 radical (unpaired) electrons. The van der Waals surface area contributed by atoms with E-state index in [1.807, 2.05) is 6.92 Å². The van der Waals surface area contributed by atoms with Crippen LogP contribution in [0.1, 0.15) is 19.8 Å². The van der Waals surface area contributed by atoms with Gasteiger partial charge in [0, 0.05) is 12.6 Å². The molecule has 0 aromatic heterocycles. The van der Waals surface area contributed by atoms with Crippen molar-refractivity contribution in [3.63, 3.8) is 0 Å². The van der Waals surface area contributed by atoms with Crippen LogP contribution < -0.4 is 0 Å². The molecule has 0 saturated heterocycles. The third-order valence-electron chi connectivity index (χ3n) is 1.82. The SMILES string of the molecule is C=CCN(C(=O)OCC)C1CC1. The lowest BCUT2D eigenvalue weighted by Gasteiger charge is -2.19. The molecule has 0 heterocycles. The number of amides is 1. The fourth-order valence-corrected chi connectivity index (χ4v) is 1.10. The summed E-state index contributed by atoms with van der Waals surface area (Å²) in [4.78, 5) is 13.0. The van der Waals surface area contributed by atoms with Crippen molar-refractivity contribution in [1.29, 1.82) is 0 Å². The minimum absolute atomic E-state index is 0.208. The van der Waals surface area contributed by atoms with Gasteiger partial charge in [0.15, 0.2) is 0 Å². The summed E-state index contributed by atoms with van der Waals surface area (Å²) in [5, 5.41) is 0. The van der Waals surface area contributed by atoms with Crippen LogP contribution in [0.2, 0.25) is 0 Å². The highest BCUT2D eigenvalue weighted by Crippen LogP contribution is 2.27. The van der Waals surface area contributed by atoms with Crippen LogP contribution in [-0.2, 0) is 4.74 Å². The molecule has 3 nitrogen and oxygen atoms in total. The second-order valence-corrected chi connectivity index (χ2v) is 2.87. The van der Waals surface area contributed by atoms with Crippen LogP contribution in [0, 0.1) is 0 Å². The monoisotopic (exact) mass is 169 g/mol. The Kier molecular flexibility index (Phi) is 3.14. The summed E-state index contributed by atoms with van der Waals surface area (Å²) in [6.45, 7) is 6.46. The van der Waals surface area contributed by atoms with Gasteiger partial charge in [-0.3, -0.25) is 0 Å². The highest BCUT2D eigenvalue weighted by molar-refractivity contribution is 5.68. The maximum atomic E-state index is 11.3. The van der Waals surface area contributed by atoms with Gasteiger partial charge in [0.2, 0.25) is 0 Å². The van der Waals surface area contributed by atoms with Crippen LogP contribution in [0.15, 0.2) is 12.7 Å². The largest absolute Gasteiger partial charge is 0.450 e. The zero-order valence-corrected chi connectivity index (χ0v) is 7.45. The lowest BCUT2D eigenvalue weighted by Crippen LogP contribution is -2.33. The summed E-state index contributed by atoms with van der Waals surface area (Å²) >= 11 is 0. The molecule has 1 rings (SSSR count). The average molecular weight is 169 g/mol. The van der Waals surface area contributed by atoms with Crippen LogP contribution in [-0.4, -0.2) is 30.2 Å². The Morgan fingerprint density at radius 2 is 2.42 bits per heavy atom. The van der Waals surface area contributed by atoms with Crippen LogP contribution in [0.3, 0.4) is 0 Å². The fourth-order valence-electron chi connectivity index (χ4n) is 1.10. The van der Waals surface area contributed by atoms with Gasteiger partial charge >= 0.3 is 6.09 Å². The van der Waals surface area contributed by atoms with Crippen molar-refractivity contribution >= 4 is 6.09 Å². The predicted octanol–water partition coefficient (Wildman–Crippen LogP) is 1.79. The molecule has 1 aliphatic carbocycles. The number of nitrogens with zero attached hydrogens (tertiary/aromatic N) is 1. The van der Waals surface area contributed by atoms with Gasteiger partial charge in [-0.05, 0) is 19.8 Å². The quantitative estimate of drug-likeness (QED) is 0.600. The number of rotatable bonds is 4. The van der Waals surface area contributed by atoms with Crippen LogP contribution in [0.25, 0.3) is 0 Å². The van der Waals surface area contributed by atoms with Crippen molar-refractivity contribution in [2.75, 3.05) is 13.2 Å². The maximum Gasteiger partial charge on any atom is 0.410 e. The molecule has 0 N–H and O–H groups in total. The second-order valence-electron chi connectivity index (χ2n) is 2.87. The molecule has 1 saturated carbocycles. The average Bonchev–Trinajstić information content (AvgIpc) is 2.83. The highest BCUT2D eigenvalue weighted by atomic mass is 16.6. The minimum Gasteiger partial charge on any atom is -0.450 e. The number of ether oxygens (including phenoxy) is 1. The fraction of sp³-hybridized carbons (Fsp3) is 0.667. The molecule has 0 spiro atoms. The van der Waals surface area contributed by atoms with Gasteiger partial charge in [0.25, 0.3) is 0 Å². The van der Waals surface area contributed by atoms with Gasteiger partial charge in [0.05, 0.1) is 6.61 Å². The first kappa shape index (κ1) is 9.10. The lowest BCUT2D eigenvalue weighted by molar-refractivity contribution is 0.109. The van der Waals surface area contributed by atoms with Crippen molar-refractivity contribution in [1.82, 2.24) is 4.90 Å². The normalized spacial score (nSPS) is 15.4. The molecule has 0 bridgehead atoms. The molecular weight excluding hydrogens is 154 g/mol. The Hall–Kier alpha value is -0.990. The predicted molar refractivity (Wildman–Crippen MR) is 46.9 cm³/mol. The summed E-state index contributed by atoms with van der Waals surface area (Å²) < 4.78 is 4.90. The van der Waals surface area contributed by atoms with E-state index in [4.69, 9.17) is 4.74 Å². The van der Waals surface area contributed by atoms with Crippen LogP contribution in [0.5, 0.6) is 0 Å². The van der Waals surface area contributed by atoms with E-state index in [9.17, 15) is 4.79 Å². The number of hydrogen-bond donors (Lipinski definition) is 0. The molecule has 0 atom stereocenters. The highest BCUT2D eigenvalue weighted by Gasteiger charge is 2.32. The van der Waals surface area contributed by atoms with Crippen molar-refractivity contribution in [2.45, 2.75) is 25.8 Å². The van der Waals surface area contributed by atoms with Crippen molar-refractivity contribution in [3.05, 3.63) is 12.7 Å². The van der Waals surface area contributed by atoms with Gasteiger partial charge in [-0.25, -0.2) is 4.79 Å². The van der Waals surface area contributed by atoms with Crippen LogP contribution in [0.4, 0.5) is 4.79 Å². The second kappa shape index (κ2) is 4.14. The summed E-state index contributed by atoms with van der Waals surface area (Å²) in [5.41, 5.74) is 0. The van der Waals surface area contributed by atoms with Gasteiger partial charge < -0.3 is 9.64 Å². The standard InChI is InChI=1S/C9H15NO2/c1-3-7-10(8-5-6-8)9(11)12-4-2/h3,8H,1,4-7H2,2H3. The van der Waals surface area contributed by atoms with Crippen molar-refractivity contribution in [2.24, 2.45) is 0 Å². The zero-order valence-electron chi connectivity index (χ0n) is 7.45. The number of hydrogen-bond acceptors (Lipinski definition) is 2. The molecule has 12 heavy (non-hydrogen) atoms. The van der Waals surface area contributed by atoms with Gasteiger partial charge in [-0.1, -0.05) is 6.08 Å². The number of carbonyl (C=O) groups is 1. The van der Waals surface area contributed by atoms with E-state index in [2.05, 4.69) is 6.58 Å². The Labute approximate surface area is 73.0 Å². The van der Waals surface area contributed by atoms with E-state index in [-0.39, 0.29) is 6.09 Å². The Morgan fingerprint density at radius 3 is 2.83 bits per heavy atom. The van der Waals surface area contributed by atoms with Gasteiger partial charge in [-0.2, -0.15) is 0 Å². The zero-order chi connectivity index (χ0) is 8.97. The van der Waals surface area contributed by atoms with E-state index in [0.29, 0.717) is 19.2 Å². The third kappa shape index (κ3) is 2.26. The molecule has 0 aromatic rings. The van der Waals surface area contributed by atoms with Crippen LogP contribution >= 0.6 is 0 Å². The molecule has 0 unspecified atom stereocenters. The molecule has 0 aromatic carbocycles. The minimum atomic E-state index is -0.208. The molecular formula is C9H15NO2. The first-order valence-electron chi connectivity index (χ1n) is 4.34. The lowest BCUT2D eigenvalue weighted by atomic mass is 10.5. The van der Waals surface area contributed by atoms with E-state index < -0.39 is 0 Å². The Morgan fingerprint density at radius 1 is 1.75 bits per heavy atom. The topological polar surface area (TPSA) is 29.5 Å². The summed E-state index contributed by atoms with van der Waals surface area (Å²) in [6, 6.07) is 0.405. The van der Waals surface area contributed by atoms with Crippen molar-refractivity contribution < 1.29 is 9.53 Å². The molecule has 3 heteroatoms. The Balaban J connectivity index is 2.39. The Bertz CT molecular complexity index is 175. The van der Waals surface area contributed by atoms with E-state index >= 15 is 0 Å². The first-order chi connectivity index (χ1) is 5.79. The third-order valence-corrected chi connectivity index (χ3v) is 1.82. The molecule has 1 fully saturated rings. The van der Waals surface area contributed by atoms with E-state index in [1.165, 1.54) is 0 Å². The summed E-state index contributed by atoms with van der Waals surface area (Å²) in [7, 11) is 0. The smallest absolute Gasteiger partial charge is 0.410 e. The number of carbonyl (C=O) groups excluding carboxylic acids is 1. The summed E-state index contributed by atoms with van der Waals surface area (Å²) in [6.07, 6.45) is 3.73. The molecule has 0 aliphatic heterocycles. The molecule has 1 amide bonds. The summed E-state index contributed by atoms with van der Waals surface area (Å²) in [5.74, 6) is 0. The molecule has 68 valence electrons. The molecule has 1 aliphatic rings.